The molecular formula is C22H18Cl2N2O3. The smallest absolute Gasteiger partial charge is 0.271 e. The minimum atomic E-state index is -0.348. The van der Waals surface area contributed by atoms with Crippen molar-refractivity contribution in [1.82, 2.24) is 5.43 Å². The van der Waals surface area contributed by atoms with Gasteiger partial charge >= 0.3 is 0 Å². The van der Waals surface area contributed by atoms with Crippen molar-refractivity contribution in [3.05, 3.63) is 93.5 Å². The Morgan fingerprint density at radius 2 is 1.79 bits per heavy atom. The number of benzene rings is 3. The first-order valence-electron chi connectivity index (χ1n) is 8.70. The van der Waals surface area contributed by atoms with E-state index in [9.17, 15) is 4.79 Å². The minimum Gasteiger partial charge on any atom is -0.493 e. The molecule has 0 bridgehead atoms. The molecule has 148 valence electrons. The van der Waals surface area contributed by atoms with Crippen LogP contribution in [0.4, 0.5) is 0 Å². The first-order valence-corrected chi connectivity index (χ1v) is 9.46. The Morgan fingerprint density at radius 3 is 2.52 bits per heavy atom. The van der Waals surface area contributed by atoms with E-state index >= 15 is 0 Å². The zero-order chi connectivity index (χ0) is 20.6. The van der Waals surface area contributed by atoms with Crippen molar-refractivity contribution in [3.63, 3.8) is 0 Å². The van der Waals surface area contributed by atoms with Crippen molar-refractivity contribution in [1.29, 1.82) is 0 Å². The van der Waals surface area contributed by atoms with Crippen molar-refractivity contribution in [3.8, 4) is 11.5 Å². The maximum atomic E-state index is 12.2. The molecule has 1 N–H and O–H groups in total. The van der Waals surface area contributed by atoms with Crippen LogP contribution in [0.15, 0.2) is 71.8 Å². The normalized spacial score (nSPS) is 10.7. The molecule has 0 heterocycles. The van der Waals surface area contributed by atoms with Crippen LogP contribution in [0.5, 0.6) is 11.5 Å². The number of nitrogens with one attached hydrogen (secondary N) is 1. The Balaban J connectivity index is 1.74. The van der Waals surface area contributed by atoms with E-state index in [0.717, 1.165) is 5.56 Å². The molecule has 0 radical (unpaired) electrons. The first-order chi connectivity index (χ1) is 14.1. The lowest BCUT2D eigenvalue weighted by Gasteiger charge is -2.13. The van der Waals surface area contributed by atoms with Gasteiger partial charge in [-0.2, -0.15) is 5.10 Å². The molecule has 3 rings (SSSR count). The zero-order valence-corrected chi connectivity index (χ0v) is 17.1. The predicted octanol–water partition coefficient (Wildman–Crippen LogP) is 5.34. The molecule has 5 nitrogen and oxygen atoms in total. The maximum absolute atomic E-state index is 12.2. The second kappa shape index (κ2) is 9.96. The summed E-state index contributed by atoms with van der Waals surface area (Å²) in [5.74, 6) is 0.698. The summed E-state index contributed by atoms with van der Waals surface area (Å²) in [7, 11) is 1.56. The van der Waals surface area contributed by atoms with Gasteiger partial charge < -0.3 is 9.47 Å². The molecule has 3 aromatic carbocycles. The fourth-order valence-electron chi connectivity index (χ4n) is 2.54. The number of rotatable bonds is 7. The molecule has 0 spiro atoms. The first kappa shape index (κ1) is 20.7. The molecule has 0 saturated heterocycles. The Kier molecular flexibility index (Phi) is 7.11. The molecule has 3 aromatic rings. The van der Waals surface area contributed by atoms with Gasteiger partial charge in [0.2, 0.25) is 0 Å². The summed E-state index contributed by atoms with van der Waals surface area (Å²) in [5, 5.41) is 5.21. The number of para-hydroxylation sites is 1. The van der Waals surface area contributed by atoms with Gasteiger partial charge in [0.1, 0.15) is 6.61 Å². The summed E-state index contributed by atoms with van der Waals surface area (Å²) in [5.41, 5.74) is 4.43. The van der Waals surface area contributed by atoms with Crippen LogP contribution in [0.3, 0.4) is 0 Å². The van der Waals surface area contributed by atoms with E-state index in [0.29, 0.717) is 32.7 Å². The highest BCUT2D eigenvalue weighted by Gasteiger charge is 2.11. The number of carbonyl (C=O) groups excluding carboxylic acids is 1. The standard InChI is InChI=1S/C22H18Cl2N2O3/c1-28-20-8-4-6-16(21(20)29-14-17-5-2-3-7-19(17)24)13-25-26-22(27)15-9-11-18(23)12-10-15/h2-13H,14H2,1H3,(H,26,27)/b25-13+. The molecular weight excluding hydrogens is 411 g/mol. The van der Waals surface area contributed by atoms with Crippen LogP contribution in [0.25, 0.3) is 0 Å². The van der Waals surface area contributed by atoms with Gasteiger partial charge in [0.05, 0.1) is 13.3 Å². The van der Waals surface area contributed by atoms with E-state index in [4.69, 9.17) is 32.7 Å². The Hall–Kier alpha value is -3.02. The van der Waals surface area contributed by atoms with Gasteiger partial charge in [-0.3, -0.25) is 4.79 Å². The molecule has 29 heavy (non-hydrogen) atoms. The lowest BCUT2D eigenvalue weighted by Crippen LogP contribution is -2.17. The maximum Gasteiger partial charge on any atom is 0.271 e. The quantitative estimate of drug-likeness (QED) is 0.407. The summed E-state index contributed by atoms with van der Waals surface area (Å²) in [6.45, 7) is 0.262. The highest BCUT2D eigenvalue weighted by atomic mass is 35.5. The molecule has 0 saturated carbocycles. The number of halogens is 2. The minimum absolute atomic E-state index is 0.262. The van der Waals surface area contributed by atoms with E-state index in [-0.39, 0.29) is 12.5 Å². The number of nitrogens with zero attached hydrogens (tertiary/aromatic N) is 1. The summed E-state index contributed by atoms with van der Waals surface area (Å²) in [4.78, 5) is 12.2. The Bertz CT molecular complexity index is 1020. The molecule has 0 unspecified atom stereocenters. The molecule has 7 heteroatoms. The van der Waals surface area contributed by atoms with Crippen LogP contribution in [-0.4, -0.2) is 19.2 Å². The predicted molar refractivity (Wildman–Crippen MR) is 115 cm³/mol. The van der Waals surface area contributed by atoms with Crippen LogP contribution >= 0.6 is 23.2 Å². The second-order valence-corrected chi connectivity index (χ2v) is 6.81. The van der Waals surface area contributed by atoms with Crippen molar-refractivity contribution >= 4 is 35.3 Å². The largest absolute Gasteiger partial charge is 0.493 e. The van der Waals surface area contributed by atoms with Gasteiger partial charge in [0.15, 0.2) is 11.5 Å². The van der Waals surface area contributed by atoms with E-state index in [1.807, 2.05) is 30.3 Å². The topological polar surface area (TPSA) is 59.9 Å². The summed E-state index contributed by atoms with van der Waals surface area (Å²) >= 11 is 12.0. The van der Waals surface area contributed by atoms with Gasteiger partial charge in [0.25, 0.3) is 5.91 Å². The summed E-state index contributed by atoms with van der Waals surface area (Å²) < 4.78 is 11.3. The van der Waals surface area contributed by atoms with Crippen LogP contribution in [0, 0.1) is 0 Å². The third kappa shape index (κ3) is 5.50. The van der Waals surface area contributed by atoms with Gasteiger partial charge in [-0.1, -0.05) is 47.5 Å². The molecule has 0 aromatic heterocycles. The molecule has 0 aliphatic rings. The average Bonchev–Trinajstić information content (AvgIpc) is 2.74. The highest BCUT2D eigenvalue weighted by molar-refractivity contribution is 6.31. The monoisotopic (exact) mass is 428 g/mol. The van der Waals surface area contributed by atoms with Gasteiger partial charge in [0, 0.05) is 26.7 Å². The number of amides is 1. The van der Waals surface area contributed by atoms with Crippen LogP contribution < -0.4 is 14.9 Å². The van der Waals surface area contributed by atoms with Crippen LogP contribution in [0.1, 0.15) is 21.5 Å². The zero-order valence-electron chi connectivity index (χ0n) is 15.6. The SMILES string of the molecule is COc1cccc(/C=N/NC(=O)c2ccc(Cl)cc2)c1OCc1ccccc1Cl. The fourth-order valence-corrected chi connectivity index (χ4v) is 2.86. The third-order valence-corrected chi connectivity index (χ3v) is 4.66. The molecule has 0 fully saturated rings. The highest BCUT2D eigenvalue weighted by Crippen LogP contribution is 2.31. The van der Waals surface area contributed by atoms with E-state index in [1.165, 1.54) is 6.21 Å². The number of carbonyl (C=O) groups is 1. The third-order valence-electron chi connectivity index (χ3n) is 4.04. The van der Waals surface area contributed by atoms with Crippen molar-refractivity contribution in [2.75, 3.05) is 7.11 Å². The average molecular weight is 429 g/mol. The summed E-state index contributed by atoms with van der Waals surface area (Å²) in [6.07, 6.45) is 1.50. The summed E-state index contributed by atoms with van der Waals surface area (Å²) in [6, 6.07) is 19.4. The van der Waals surface area contributed by atoms with Crippen LogP contribution in [0.2, 0.25) is 10.0 Å². The molecule has 0 aliphatic carbocycles. The van der Waals surface area contributed by atoms with Gasteiger partial charge in [-0.25, -0.2) is 5.43 Å². The number of hydrazone groups is 1. The van der Waals surface area contributed by atoms with Crippen molar-refractivity contribution in [2.45, 2.75) is 6.61 Å². The molecule has 0 aliphatic heterocycles. The Morgan fingerprint density at radius 1 is 1.03 bits per heavy atom. The Labute approximate surface area is 178 Å². The number of methoxy groups -OCH3 is 1. The fraction of sp³-hybridized carbons (Fsp3) is 0.0909. The van der Waals surface area contributed by atoms with E-state index in [1.54, 1.807) is 43.5 Å². The second-order valence-electron chi connectivity index (χ2n) is 5.96. The van der Waals surface area contributed by atoms with Gasteiger partial charge in [-0.05, 0) is 42.5 Å². The molecule has 0 atom stereocenters. The van der Waals surface area contributed by atoms with E-state index in [2.05, 4.69) is 10.5 Å². The lowest BCUT2D eigenvalue weighted by molar-refractivity contribution is 0.0955. The molecule has 1 amide bonds. The van der Waals surface area contributed by atoms with Crippen LogP contribution in [-0.2, 0) is 6.61 Å². The van der Waals surface area contributed by atoms with Crippen molar-refractivity contribution < 1.29 is 14.3 Å². The van der Waals surface area contributed by atoms with E-state index < -0.39 is 0 Å². The van der Waals surface area contributed by atoms with Gasteiger partial charge in [-0.15, -0.1) is 0 Å². The number of ether oxygens (including phenoxy) is 2. The lowest BCUT2D eigenvalue weighted by atomic mass is 10.2. The van der Waals surface area contributed by atoms with Crippen molar-refractivity contribution in [2.24, 2.45) is 5.10 Å². The number of hydrogen-bond acceptors (Lipinski definition) is 4. The number of hydrogen-bond donors (Lipinski definition) is 1.